The van der Waals surface area contributed by atoms with Gasteiger partial charge in [0.25, 0.3) is 5.91 Å². The number of benzene rings is 1. The minimum Gasteiger partial charge on any atom is -0.492 e. The van der Waals surface area contributed by atoms with Crippen LogP contribution in [0.5, 0.6) is 5.75 Å². The van der Waals surface area contributed by atoms with Gasteiger partial charge in [0.15, 0.2) is 0 Å². The number of rotatable bonds is 6. The number of nitrogens with zero attached hydrogens (tertiary/aromatic N) is 1. The monoisotopic (exact) mass is 321 g/mol. The van der Waals surface area contributed by atoms with Crippen molar-refractivity contribution in [2.24, 2.45) is 5.73 Å². The van der Waals surface area contributed by atoms with Crippen LogP contribution in [-0.2, 0) is 6.42 Å². The summed E-state index contributed by atoms with van der Waals surface area (Å²) in [4.78, 5) is 16.2. The van der Waals surface area contributed by atoms with Crippen molar-refractivity contribution in [3.05, 3.63) is 53.9 Å². The number of aromatic nitrogens is 1. The van der Waals surface area contributed by atoms with E-state index in [1.165, 1.54) is 0 Å². The molecule has 1 aromatic carbocycles. The molecule has 5 nitrogen and oxygen atoms in total. The van der Waals surface area contributed by atoms with Crippen LogP contribution in [-0.4, -0.2) is 24.0 Å². The maximum absolute atomic E-state index is 12.1. The van der Waals surface area contributed by atoms with Crippen molar-refractivity contribution < 1.29 is 9.53 Å². The maximum Gasteiger partial charge on any atom is 0.274 e. The van der Waals surface area contributed by atoms with Gasteiger partial charge in [-0.25, -0.2) is 0 Å². The third kappa shape index (κ3) is 5.02. The number of carbonyl (C=O) groups excluding carboxylic acids is 1. The second-order valence-corrected chi connectivity index (χ2v) is 4.52. The lowest BCUT2D eigenvalue weighted by Crippen LogP contribution is -2.14. The minimum atomic E-state index is -0.221. The number of amides is 1. The molecule has 1 heterocycles. The largest absolute Gasteiger partial charge is 0.492 e. The minimum absolute atomic E-state index is 0. The van der Waals surface area contributed by atoms with Crippen LogP contribution >= 0.6 is 12.4 Å². The highest BCUT2D eigenvalue weighted by molar-refractivity contribution is 6.02. The van der Waals surface area contributed by atoms with Crippen LogP contribution in [0.3, 0.4) is 0 Å². The quantitative estimate of drug-likeness (QED) is 0.857. The summed E-state index contributed by atoms with van der Waals surface area (Å²) in [7, 11) is 0. The average Bonchev–Trinajstić information content (AvgIpc) is 2.54. The fraction of sp³-hybridized carbons (Fsp3) is 0.250. The third-order valence-electron chi connectivity index (χ3n) is 2.96. The summed E-state index contributed by atoms with van der Waals surface area (Å²) < 4.78 is 5.38. The van der Waals surface area contributed by atoms with Crippen molar-refractivity contribution in [3.63, 3.8) is 0 Å². The van der Waals surface area contributed by atoms with Crippen LogP contribution in [0.4, 0.5) is 5.69 Å². The van der Waals surface area contributed by atoms with Crippen molar-refractivity contribution >= 4 is 24.0 Å². The molecule has 0 saturated carbocycles. The third-order valence-corrected chi connectivity index (χ3v) is 2.96. The molecule has 2 aromatic rings. The molecular formula is C16H20ClN3O2. The summed E-state index contributed by atoms with van der Waals surface area (Å²) in [5.41, 5.74) is 7.57. The molecule has 0 radical (unpaired) electrons. The zero-order valence-electron chi connectivity index (χ0n) is 12.4. The second-order valence-electron chi connectivity index (χ2n) is 4.52. The van der Waals surface area contributed by atoms with Crippen LogP contribution in [0.1, 0.15) is 23.0 Å². The van der Waals surface area contributed by atoms with E-state index in [9.17, 15) is 4.79 Å². The summed E-state index contributed by atoms with van der Waals surface area (Å²) >= 11 is 0. The number of pyridine rings is 1. The van der Waals surface area contributed by atoms with Gasteiger partial charge in [0.2, 0.25) is 0 Å². The number of nitrogens with one attached hydrogen (secondary N) is 1. The van der Waals surface area contributed by atoms with E-state index >= 15 is 0 Å². The van der Waals surface area contributed by atoms with Crippen molar-refractivity contribution in [1.82, 2.24) is 4.98 Å². The highest BCUT2D eigenvalue weighted by Crippen LogP contribution is 2.16. The first-order chi connectivity index (χ1) is 10.2. The van der Waals surface area contributed by atoms with Gasteiger partial charge in [-0.1, -0.05) is 6.92 Å². The highest BCUT2D eigenvalue weighted by Gasteiger charge is 2.08. The van der Waals surface area contributed by atoms with Crippen molar-refractivity contribution in [1.29, 1.82) is 0 Å². The number of halogens is 1. The molecule has 3 N–H and O–H groups in total. The van der Waals surface area contributed by atoms with Gasteiger partial charge in [-0.15, -0.1) is 12.4 Å². The van der Waals surface area contributed by atoms with Gasteiger partial charge in [0.1, 0.15) is 18.1 Å². The molecule has 6 heteroatoms. The fourth-order valence-corrected chi connectivity index (χ4v) is 1.82. The predicted octanol–water partition coefficient (Wildman–Crippen LogP) is 2.66. The Kier molecular flexibility index (Phi) is 7.36. The Bertz CT molecular complexity index is 603. The van der Waals surface area contributed by atoms with Crippen LogP contribution in [0.25, 0.3) is 0 Å². The van der Waals surface area contributed by atoms with Gasteiger partial charge in [0.05, 0.1) is 0 Å². The Balaban J connectivity index is 0.00000242. The molecule has 0 aliphatic carbocycles. The van der Waals surface area contributed by atoms with E-state index in [4.69, 9.17) is 10.5 Å². The van der Waals surface area contributed by atoms with Gasteiger partial charge in [0, 0.05) is 18.4 Å². The molecule has 1 aromatic heterocycles. The molecule has 0 aliphatic heterocycles. The number of anilines is 1. The molecular weight excluding hydrogens is 302 g/mol. The fourth-order valence-electron chi connectivity index (χ4n) is 1.82. The summed E-state index contributed by atoms with van der Waals surface area (Å²) in [5.74, 6) is 0.505. The van der Waals surface area contributed by atoms with Crippen LogP contribution in [0.2, 0.25) is 0 Å². The van der Waals surface area contributed by atoms with Gasteiger partial charge in [-0.3, -0.25) is 9.78 Å². The van der Waals surface area contributed by atoms with Crippen LogP contribution in [0, 0.1) is 0 Å². The molecule has 0 saturated heterocycles. The van der Waals surface area contributed by atoms with Crippen molar-refractivity contribution in [2.75, 3.05) is 18.5 Å². The van der Waals surface area contributed by atoms with E-state index in [1.54, 1.807) is 36.5 Å². The zero-order valence-corrected chi connectivity index (χ0v) is 13.2. The zero-order chi connectivity index (χ0) is 15.1. The number of carbonyl (C=O) groups is 1. The van der Waals surface area contributed by atoms with Crippen molar-refractivity contribution in [3.8, 4) is 5.75 Å². The average molecular weight is 322 g/mol. The van der Waals surface area contributed by atoms with E-state index in [2.05, 4.69) is 10.3 Å². The summed E-state index contributed by atoms with van der Waals surface area (Å²) in [6.07, 6.45) is 2.52. The predicted molar refractivity (Wildman–Crippen MR) is 89.8 cm³/mol. The van der Waals surface area contributed by atoms with Gasteiger partial charge < -0.3 is 15.8 Å². The summed E-state index contributed by atoms with van der Waals surface area (Å²) in [6, 6.07) is 10.9. The topological polar surface area (TPSA) is 77.2 Å². The smallest absolute Gasteiger partial charge is 0.274 e. The highest BCUT2D eigenvalue weighted by atomic mass is 35.5. The number of nitrogens with two attached hydrogens (primary N) is 1. The summed E-state index contributed by atoms with van der Waals surface area (Å²) in [6.45, 7) is 2.98. The van der Waals surface area contributed by atoms with Crippen LogP contribution < -0.4 is 15.8 Å². The lowest BCUT2D eigenvalue weighted by Gasteiger charge is -2.08. The van der Waals surface area contributed by atoms with Gasteiger partial charge >= 0.3 is 0 Å². The molecule has 0 aliphatic rings. The molecule has 1 amide bonds. The number of aryl methyl sites for hydroxylation is 1. The first kappa shape index (κ1) is 17.9. The van der Waals surface area contributed by atoms with Crippen LogP contribution in [0.15, 0.2) is 42.6 Å². The summed E-state index contributed by atoms with van der Waals surface area (Å²) in [5, 5.41) is 2.81. The molecule has 0 bridgehead atoms. The van der Waals surface area contributed by atoms with E-state index < -0.39 is 0 Å². The Morgan fingerprint density at radius 2 is 2.00 bits per heavy atom. The Hall–Kier alpha value is -2.11. The molecule has 118 valence electrons. The van der Waals surface area contributed by atoms with Gasteiger partial charge in [-0.05, 0) is 48.4 Å². The van der Waals surface area contributed by atoms with Gasteiger partial charge in [-0.2, -0.15) is 0 Å². The number of ether oxygens (including phenoxy) is 1. The Morgan fingerprint density at radius 3 is 2.64 bits per heavy atom. The lowest BCUT2D eigenvalue weighted by molar-refractivity contribution is 0.102. The first-order valence-electron chi connectivity index (χ1n) is 6.92. The molecule has 2 rings (SSSR count). The molecule has 0 fully saturated rings. The lowest BCUT2D eigenvalue weighted by atomic mass is 10.2. The molecule has 0 unspecified atom stereocenters. The normalized spacial score (nSPS) is 9.73. The van der Waals surface area contributed by atoms with Crippen molar-refractivity contribution in [2.45, 2.75) is 13.3 Å². The molecule has 0 atom stereocenters. The second kappa shape index (κ2) is 9.02. The maximum atomic E-state index is 12.1. The Labute approximate surface area is 136 Å². The Morgan fingerprint density at radius 1 is 1.27 bits per heavy atom. The van der Waals surface area contributed by atoms with E-state index in [0.29, 0.717) is 24.5 Å². The first-order valence-corrected chi connectivity index (χ1v) is 6.92. The molecule has 0 spiro atoms. The van der Waals surface area contributed by atoms with E-state index in [-0.39, 0.29) is 18.3 Å². The van der Waals surface area contributed by atoms with E-state index in [0.717, 1.165) is 17.7 Å². The number of hydrogen-bond acceptors (Lipinski definition) is 4. The standard InChI is InChI=1S/C16H19N3O2.ClH/c1-2-12-7-9-18-15(11-12)16(20)19-13-3-5-14(6-4-13)21-10-8-17;/h3-7,9,11H,2,8,10,17H2,1H3,(H,19,20);1H. The number of hydrogen-bond donors (Lipinski definition) is 2. The molecule has 22 heavy (non-hydrogen) atoms. The SMILES string of the molecule is CCc1ccnc(C(=O)Nc2ccc(OCCN)cc2)c1.Cl. The van der Waals surface area contributed by atoms with E-state index in [1.807, 2.05) is 13.0 Å².